The SMILES string of the molecule is CCN1CCCC1CNC(=NCc1nnc(C)n1C)NCc1nc(C(F)(F)F)cs1. The van der Waals surface area contributed by atoms with E-state index < -0.39 is 11.9 Å². The lowest BCUT2D eigenvalue weighted by atomic mass is 10.2. The van der Waals surface area contributed by atoms with E-state index in [9.17, 15) is 13.2 Å². The zero-order valence-electron chi connectivity index (χ0n) is 17.3. The van der Waals surface area contributed by atoms with Crippen LogP contribution in [0.4, 0.5) is 13.2 Å². The first-order valence-corrected chi connectivity index (χ1v) is 10.8. The topological polar surface area (TPSA) is 83.3 Å². The third kappa shape index (κ3) is 5.69. The predicted octanol–water partition coefficient (Wildman–Crippen LogP) is 2.32. The van der Waals surface area contributed by atoms with Crippen LogP contribution in [0.3, 0.4) is 0 Å². The van der Waals surface area contributed by atoms with Crippen LogP contribution in [0, 0.1) is 6.92 Å². The first-order valence-electron chi connectivity index (χ1n) is 9.90. The van der Waals surface area contributed by atoms with E-state index in [0.717, 1.165) is 48.5 Å². The first-order chi connectivity index (χ1) is 14.3. The quantitative estimate of drug-likeness (QED) is 0.504. The number of thiazole rings is 1. The van der Waals surface area contributed by atoms with E-state index in [1.54, 1.807) is 0 Å². The van der Waals surface area contributed by atoms with E-state index in [1.165, 1.54) is 0 Å². The smallest absolute Gasteiger partial charge is 0.355 e. The van der Waals surface area contributed by atoms with Crippen LogP contribution >= 0.6 is 11.3 Å². The van der Waals surface area contributed by atoms with Crippen LogP contribution in [0.15, 0.2) is 10.4 Å². The summed E-state index contributed by atoms with van der Waals surface area (Å²) in [6, 6.07) is 0.413. The Balaban J connectivity index is 1.65. The highest BCUT2D eigenvalue weighted by Crippen LogP contribution is 2.29. The molecule has 3 rings (SSSR count). The molecule has 166 valence electrons. The van der Waals surface area contributed by atoms with Crippen LogP contribution in [0.5, 0.6) is 0 Å². The Labute approximate surface area is 177 Å². The number of halogens is 3. The summed E-state index contributed by atoms with van der Waals surface area (Å²) in [5, 5.41) is 15.9. The lowest BCUT2D eigenvalue weighted by Crippen LogP contribution is -2.44. The predicted molar refractivity (Wildman–Crippen MR) is 109 cm³/mol. The number of aryl methyl sites for hydroxylation is 1. The van der Waals surface area contributed by atoms with Crippen LogP contribution < -0.4 is 10.6 Å². The average Bonchev–Trinajstić information content (AvgIpc) is 3.43. The summed E-state index contributed by atoms with van der Waals surface area (Å²) in [6.45, 7) is 7.25. The summed E-state index contributed by atoms with van der Waals surface area (Å²) < 4.78 is 40.2. The number of alkyl halides is 3. The molecule has 0 aromatic carbocycles. The van der Waals surface area contributed by atoms with Crippen molar-refractivity contribution in [1.82, 2.24) is 35.3 Å². The molecule has 2 aromatic rings. The molecule has 1 aliphatic heterocycles. The fourth-order valence-electron chi connectivity index (χ4n) is 3.35. The van der Waals surface area contributed by atoms with Crippen LogP contribution in [0.25, 0.3) is 0 Å². The molecule has 1 atom stereocenters. The number of guanidine groups is 1. The summed E-state index contributed by atoms with van der Waals surface area (Å²) in [6.07, 6.45) is -2.16. The first kappa shape index (κ1) is 22.5. The average molecular weight is 445 g/mol. The molecular weight excluding hydrogens is 417 g/mol. The molecule has 1 saturated heterocycles. The van der Waals surface area contributed by atoms with E-state index in [0.29, 0.717) is 35.9 Å². The Bertz CT molecular complexity index is 860. The van der Waals surface area contributed by atoms with Gasteiger partial charge in [0.15, 0.2) is 17.5 Å². The molecule has 12 heteroatoms. The third-order valence-electron chi connectivity index (χ3n) is 5.22. The minimum atomic E-state index is -4.43. The fourth-order valence-corrected chi connectivity index (χ4v) is 4.09. The molecule has 3 heterocycles. The second kappa shape index (κ2) is 9.73. The van der Waals surface area contributed by atoms with Crippen molar-refractivity contribution in [3.05, 3.63) is 27.7 Å². The molecule has 0 radical (unpaired) electrons. The molecule has 0 saturated carbocycles. The van der Waals surface area contributed by atoms with Crippen molar-refractivity contribution in [2.24, 2.45) is 12.0 Å². The second-order valence-corrected chi connectivity index (χ2v) is 8.11. The Morgan fingerprint density at radius 2 is 2.13 bits per heavy atom. The zero-order chi connectivity index (χ0) is 21.7. The lowest BCUT2D eigenvalue weighted by molar-refractivity contribution is -0.140. The van der Waals surface area contributed by atoms with Gasteiger partial charge in [-0.1, -0.05) is 6.92 Å². The van der Waals surface area contributed by atoms with Crippen molar-refractivity contribution < 1.29 is 13.2 Å². The van der Waals surface area contributed by atoms with Gasteiger partial charge in [-0.25, -0.2) is 9.98 Å². The van der Waals surface area contributed by atoms with Gasteiger partial charge in [0, 0.05) is 25.0 Å². The van der Waals surface area contributed by atoms with Crippen molar-refractivity contribution in [2.75, 3.05) is 19.6 Å². The maximum atomic E-state index is 12.8. The van der Waals surface area contributed by atoms with Crippen LogP contribution in [0.2, 0.25) is 0 Å². The normalized spacial score (nSPS) is 18.2. The van der Waals surface area contributed by atoms with Gasteiger partial charge in [0.25, 0.3) is 0 Å². The highest BCUT2D eigenvalue weighted by molar-refractivity contribution is 7.09. The molecule has 1 fully saturated rings. The van der Waals surface area contributed by atoms with E-state index in [2.05, 4.69) is 42.6 Å². The Hall–Kier alpha value is -2.21. The number of hydrogen-bond acceptors (Lipinski definition) is 6. The van der Waals surface area contributed by atoms with E-state index in [1.807, 2.05) is 18.5 Å². The molecule has 2 N–H and O–H groups in total. The minimum absolute atomic E-state index is 0.159. The second-order valence-electron chi connectivity index (χ2n) is 7.17. The highest BCUT2D eigenvalue weighted by atomic mass is 32.1. The molecule has 1 unspecified atom stereocenters. The monoisotopic (exact) mass is 444 g/mol. The Morgan fingerprint density at radius 3 is 2.77 bits per heavy atom. The fraction of sp³-hybridized carbons (Fsp3) is 0.667. The summed E-state index contributed by atoms with van der Waals surface area (Å²) in [4.78, 5) is 10.6. The van der Waals surface area contributed by atoms with Crippen LogP contribution in [-0.2, 0) is 26.3 Å². The largest absolute Gasteiger partial charge is 0.434 e. The number of aliphatic imine (C=N–C) groups is 1. The van der Waals surface area contributed by atoms with Gasteiger partial charge in [-0.2, -0.15) is 13.2 Å². The zero-order valence-corrected chi connectivity index (χ0v) is 18.1. The van der Waals surface area contributed by atoms with Gasteiger partial charge < -0.3 is 15.2 Å². The molecule has 2 aromatic heterocycles. The summed E-state index contributed by atoms with van der Waals surface area (Å²) in [5.41, 5.74) is -0.866. The van der Waals surface area contributed by atoms with Gasteiger partial charge in [-0.3, -0.25) is 4.90 Å². The number of likely N-dealkylation sites (tertiary alicyclic amines) is 1. The maximum absolute atomic E-state index is 12.8. The maximum Gasteiger partial charge on any atom is 0.434 e. The van der Waals surface area contributed by atoms with E-state index in [-0.39, 0.29) is 6.54 Å². The summed E-state index contributed by atoms with van der Waals surface area (Å²) in [7, 11) is 1.87. The van der Waals surface area contributed by atoms with Crippen LogP contribution in [-0.4, -0.2) is 56.3 Å². The molecule has 1 aliphatic rings. The lowest BCUT2D eigenvalue weighted by Gasteiger charge is -2.24. The summed E-state index contributed by atoms with van der Waals surface area (Å²) >= 11 is 0.975. The van der Waals surface area contributed by atoms with E-state index >= 15 is 0 Å². The van der Waals surface area contributed by atoms with Gasteiger partial charge in [0.1, 0.15) is 17.4 Å². The Morgan fingerprint density at radius 1 is 1.33 bits per heavy atom. The molecule has 0 spiro atoms. The van der Waals surface area contributed by atoms with Gasteiger partial charge in [0.05, 0.1) is 6.54 Å². The van der Waals surface area contributed by atoms with Crippen molar-refractivity contribution in [1.29, 1.82) is 0 Å². The van der Waals surface area contributed by atoms with E-state index in [4.69, 9.17) is 0 Å². The van der Waals surface area contributed by atoms with Crippen molar-refractivity contribution in [2.45, 2.75) is 52.0 Å². The number of nitrogens with zero attached hydrogens (tertiary/aromatic N) is 6. The van der Waals surface area contributed by atoms with Gasteiger partial charge in [-0.05, 0) is 32.9 Å². The van der Waals surface area contributed by atoms with Crippen molar-refractivity contribution in [3.8, 4) is 0 Å². The highest BCUT2D eigenvalue weighted by Gasteiger charge is 2.33. The molecule has 0 amide bonds. The minimum Gasteiger partial charge on any atom is -0.355 e. The number of aromatic nitrogens is 4. The van der Waals surface area contributed by atoms with Gasteiger partial charge in [-0.15, -0.1) is 21.5 Å². The number of likely N-dealkylation sites (N-methyl/N-ethyl adjacent to an activating group) is 1. The summed E-state index contributed by atoms with van der Waals surface area (Å²) in [5.74, 6) is 2.01. The third-order valence-corrected chi connectivity index (χ3v) is 6.07. The Kier molecular flexibility index (Phi) is 7.29. The molecule has 0 bridgehead atoms. The number of hydrogen-bond donors (Lipinski definition) is 2. The molecule has 8 nitrogen and oxygen atoms in total. The standard InChI is InChI=1S/C18H27F3N8S/c1-4-29-7-5-6-13(29)8-22-17(23-9-15-27-26-12(2)28(15)3)24-10-16-25-14(11-30-16)18(19,20)21/h11,13H,4-10H2,1-3H3,(H2,22,23,24). The molecular formula is C18H27F3N8S. The van der Waals surface area contributed by atoms with Gasteiger partial charge >= 0.3 is 6.18 Å². The molecule has 0 aliphatic carbocycles. The van der Waals surface area contributed by atoms with Crippen LogP contribution in [0.1, 0.15) is 42.1 Å². The number of rotatable bonds is 7. The van der Waals surface area contributed by atoms with Crippen molar-refractivity contribution in [3.63, 3.8) is 0 Å². The van der Waals surface area contributed by atoms with Crippen molar-refractivity contribution >= 4 is 17.3 Å². The van der Waals surface area contributed by atoms with Gasteiger partial charge in [0.2, 0.25) is 0 Å². The number of nitrogens with one attached hydrogen (secondary N) is 2. The molecule has 30 heavy (non-hydrogen) atoms.